The van der Waals surface area contributed by atoms with E-state index in [1.54, 1.807) is 18.2 Å². The molecule has 0 bridgehead atoms. The van der Waals surface area contributed by atoms with E-state index in [2.05, 4.69) is 15.9 Å². The predicted octanol–water partition coefficient (Wildman–Crippen LogP) is 3.95. The Kier molecular flexibility index (Phi) is 5.00. The molecule has 2 aromatic rings. The zero-order chi connectivity index (χ0) is 14.6. The molecule has 0 aliphatic rings. The molecule has 0 saturated carbocycles. The molecule has 20 heavy (non-hydrogen) atoms. The smallest absolute Gasteiger partial charge is 0.179 e. The number of benzene rings is 2. The molecule has 0 aliphatic carbocycles. The van der Waals surface area contributed by atoms with Crippen LogP contribution in [0.15, 0.2) is 59.5 Å². The van der Waals surface area contributed by atoms with Crippen LogP contribution in [0.25, 0.3) is 0 Å². The molecule has 2 rings (SSSR count). The van der Waals surface area contributed by atoms with Gasteiger partial charge in [0.1, 0.15) is 0 Å². The molecule has 0 amide bonds. The molecule has 0 radical (unpaired) electrons. The molecule has 1 atom stereocenters. The van der Waals surface area contributed by atoms with Crippen LogP contribution in [0.3, 0.4) is 0 Å². The molecule has 0 fully saturated rings. The van der Waals surface area contributed by atoms with Crippen molar-refractivity contribution in [3.63, 3.8) is 0 Å². The van der Waals surface area contributed by atoms with Crippen molar-refractivity contribution in [2.45, 2.75) is 17.7 Å². The summed E-state index contributed by atoms with van der Waals surface area (Å²) in [6.07, 6.45) is 0. The summed E-state index contributed by atoms with van der Waals surface area (Å²) in [5.41, 5.74) is 2.00. The Labute approximate surface area is 128 Å². The lowest BCUT2D eigenvalue weighted by molar-refractivity contribution is 0.591. The molecule has 0 heterocycles. The summed E-state index contributed by atoms with van der Waals surface area (Å²) in [6, 6.07) is 16.8. The number of halogens is 1. The third-order valence-corrected chi connectivity index (χ3v) is 5.82. The van der Waals surface area contributed by atoms with Gasteiger partial charge in [0.05, 0.1) is 10.6 Å². The van der Waals surface area contributed by atoms with Crippen molar-refractivity contribution < 1.29 is 8.42 Å². The van der Waals surface area contributed by atoms with Crippen molar-refractivity contribution in [3.05, 3.63) is 65.7 Å². The number of hydrogen-bond donors (Lipinski definition) is 0. The quantitative estimate of drug-likeness (QED) is 0.763. The summed E-state index contributed by atoms with van der Waals surface area (Å²) >= 11 is 3.43. The number of rotatable bonds is 5. The van der Waals surface area contributed by atoms with Gasteiger partial charge in [-0.3, -0.25) is 0 Å². The van der Waals surface area contributed by atoms with Crippen LogP contribution in [0, 0.1) is 6.92 Å². The van der Waals surface area contributed by atoms with Crippen molar-refractivity contribution >= 4 is 25.8 Å². The Balaban J connectivity index is 2.27. The van der Waals surface area contributed by atoms with E-state index < -0.39 is 9.84 Å². The van der Waals surface area contributed by atoms with Crippen LogP contribution < -0.4 is 0 Å². The summed E-state index contributed by atoms with van der Waals surface area (Å²) in [4.78, 5) is 0.402. The zero-order valence-electron chi connectivity index (χ0n) is 11.3. The number of sulfone groups is 1. The van der Waals surface area contributed by atoms with E-state index in [1.807, 2.05) is 43.3 Å². The molecular weight excluding hydrogens is 336 g/mol. The summed E-state index contributed by atoms with van der Waals surface area (Å²) in [6.45, 7) is 1.90. The van der Waals surface area contributed by atoms with E-state index in [4.69, 9.17) is 0 Å². The topological polar surface area (TPSA) is 34.1 Å². The lowest BCUT2D eigenvalue weighted by Gasteiger charge is -2.15. The van der Waals surface area contributed by atoms with E-state index in [0.717, 1.165) is 11.1 Å². The van der Waals surface area contributed by atoms with Crippen molar-refractivity contribution in [1.82, 2.24) is 0 Å². The Bertz CT molecular complexity index is 666. The van der Waals surface area contributed by atoms with E-state index in [1.165, 1.54) is 0 Å². The zero-order valence-corrected chi connectivity index (χ0v) is 13.7. The van der Waals surface area contributed by atoms with E-state index in [0.29, 0.717) is 10.2 Å². The minimum atomic E-state index is -3.27. The summed E-state index contributed by atoms with van der Waals surface area (Å²) in [7, 11) is -3.27. The highest BCUT2D eigenvalue weighted by Crippen LogP contribution is 2.24. The molecule has 0 spiro atoms. The predicted molar refractivity (Wildman–Crippen MR) is 86.2 cm³/mol. The Morgan fingerprint density at radius 2 is 1.75 bits per heavy atom. The first kappa shape index (κ1) is 15.3. The maximum absolute atomic E-state index is 12.5. The summed E-state index contributed by atoms with van der Waals surface area (Å²) < 4.78 is 25.0. The van der Waals surface area contributed by atoms with Crippen LogP contribution in [0.1, 0.15) is 17.0 Å². The highest BCUT2D eigenvalue weighted by Gasteiger charge is 2.21. The van der Waals surface area contributed by atoms with Crippen LogP contribution in [-0.2, 0) is 9.84 Å². The van der Waals surface area contributed by atoms with Crippen molar-refractivity contribution in [2.24, 2.45) is 0 Å². The van der Waals surface area contributed by atoms with Crippen LogP contribution in [0.2, 0.25) is 0 Å². The Hall–Kier alpha value is -1.13. The molecule has 0 aliphatic heterocycles. The van der Waals surface area contributed by atoms with Crippen molar-refractivity contribution in [1.29, 1.82) is 0 Å². The standard InChI is InChI=1S/C16H17BrO2S/c1-13-6-5-9-16(10-13)20(18,19)12-15(11-17)14-7-3-2-4-8-14/h2-10,15H,11-12H2,1H3. The van der Waals surface area contributed by atoms with Crippen LogP contribution in [-0.4, -0.2) is 19.5 Å². The monoisotopic (exact) mass is 352 g/mol. The number of aryl methyl sites for hydroxylation is 1. The summed E-state index contributed by atoms with van der Waals surface area (Å²) in [5.74, 6) is 0.0767. The third-order valence-electron chi connectivity index (χ3n) is 3.23. The highest BCUT2D eigenvalue weighted by molar-refractivity contribution is 9.09. The molecule has 0 saturated heterocycles. The lowest BCUT2D eigenvalue weighted by atomic mass is 10.0. The fourth-order valence-electron chi connectivity index (χ4n) is 2.12. The van der Waals surface area contributed by atoms with Crippen molar-refractivity contribution in [2.75, 3.05) is 11.1 Å². The van der Waals surface area contributed by atoms with Gasteiger partial charge in [-0.2, -0.15) is 0 Å². The van der Waals surface area contributed by atoms with E-state index in [-0.39, 0.29) is 11.7 Å². The normalized spacial score (nSPS) is 13.1. The van der Waals surface area contributed by atoms with E-state index in [9.17, 15) is 8.42 Å². The minimum Gasteiger partial charge on any atom is -0.224 e. The molecule has 2 nitrogen and oxygen atoms in total. The second kappa shape index (κ2) is 6.55. The largest absolute Gasteiger partial charge is 0.224 e. The minimum absolute atomic E-state index is 0.0401. The van der Waals surface area contributed by atoms with E-state index >= 15 is 0 Å². The van der Waals surface area contributed by atoms with Gasteiger partial charge in [0, 0.05) is 11.2 Å². The molecule has 0 aromatic heterocycles. The fourth-order valence-corrected chi connectivity index (χ4v) is 4.71. The van der Waals surface area contributed by atoms with Gasteiger partial charge in [-0.25, -0.2) is 8.42 Å². The summed E-state index contributed by atoms with van der Waals surface area (Å²) in [5, 5.41) is 0.627. The van der Waals surface area contributed by atoms with Gasteiger partial charge in [-0.15, -0.1) is 0 Å². The first-order valence-corrected chi connectivity index (χ1v) is 9.20. The van der Waals surface area contributed by atoms with Gasteiger partial charge in [0.15, 0.2) is 9.84 Å². The molecule has 1 unspecified atom stereocenters. The lowest BCUT2D eigenvalue weighted by Crippen LogP contribution is -2.16. The SMILES string of the molecule is Cc1cccc(S(=O)(=O)CC(CBr)c2ccccc2)c1. The average Bonchev–Trinajstić information content (AvgIpc) is 2.46. The van der Waals surface area contributed by atoms with Crippen molar-refractivity contribution in [3.8, 4) is 0 Å². The Morgan fingerprint density at radius 1 is 1.05 bits per heavy atom. The maximum atomic E-state index is 12.5. The molecule has 0 N–H and O–H groups in total. The molecule has 2 aromatic carbocycles. The Morgan fingerprint density at radius 3 is 2.35 bits per heavy atom. The second-order valence-electron chi connectivity index (χ2n) is 4.86. The van der Waals surface area contributed by atoms with Gasteiger partial charge < -0.3 is 0 Å². The van der Waals surface area contributed by atoms with Gasteiger partial charge >= 0.3 is 0 Å². The number of hydrogen-bond acceptors (Lipinski definition) is 2. The first-order valence-electron chi connectivity index (χ1n) is 6.43. The molecular formula is C16H17BrO2S. The first-order chi connectivity index (χ1) is 9.53. The fraction of sp³-hybridized carbons (Fsp3) is 0.250. The third kappa shape index (κ3) is 3.70. The highest BCUT2D eigenvalue weighted by atomic mass is 79.9. The van der Waals surface area contributed by atoms with Gasteiger partial charge in [-0.05, 0) is 30.2 Å². The van der Waals surface area contributed by atoms with Crippen LogP contribution in [0.5, 0.6) is 0 Å². The molecule has 106 valence electrons. The molecule has 4 heteroatoms. The van der Waals surface area contributed by atoms with Gasteiger partial charge in [-0.1, -0.05) is 58.4 Å². The number of alkyl halides is 1. The average molecular weight is 353 g/mol. The maximum Gasteiger partial charge on any atom is 0.179 e. The second-order valence-corrected chi connectivity index (χ2v) is 7.54. The van der Waals surface area contributed by atoms with Gasteiger partial charge in [0.25, 0.3) is 0 Å². The van der Waals surface area contributed by atoms with Crippen LogP contribution >= 0.6 is 15.9 Å². The van der Waals surface area contributed by atoms with Gasteiger partial charge in [0.2, 0.25) is 0 Å². The van der Waals surface area contributed by atoms with Crippen LogP contribution in [0.4, 0.5) is 0 Å².